The summed E-state index contributed by atoms with van der Waals surface area (Å²) in [6.07, 6.45) is 5.61. The quantitative estimate of drug-likeness (QED) is 0.287. The molecule has 2 saturated heterocycles. The van der Waals surface area contributed by atoms with Crippen LogP contribution in [0, 0.1) is 0 Å². The molecule has 3 aliphatic heterocycles. The molecule has 2 N–H and O–H groups in total. The number of anilines is 1. The van der Waals surface area contributed by atoms with E-state index in [0.29, 0.717) is 0 Å². The normalized spacial score (nSPS) is 21.2. The van der Waals surface area contributed by atoms with Crippen LogP contribution in [-0.2, 0) is 11.2 Å². The Morgan fingerprint density at radius 2 is 1.77 bits per heavy atom. The van der Waals surface area contributed by atoms with Gasteiger partial charge in [0, 0.05) is 37.2 Å². The van der Waals surface area contributed by atoms with Crippen molar-refractivity contribution in [1.29, 1.82) is 0 Å². The Hall–Kier alpha value is -3.74. The van der Waals surface area contributed by atoms with E-state index in [1.807, 2.05) is 0 Å². The minimum atomic E-state index is 0.0396. The van der Waals surface area contributed by atoms with Crippen molar-refractivity contribution >= 4 is 27.6 Å². The summed E-state index contributed by atoms with van der Waals surface area (Å²) in [5, 5.41) is 14.7. The maximum Gasteiger partial charge on any atom is 0.158 e. The largest absolute Gasteiger partial charge is 0.373 e. The molecule has 196 valence electrons. The Morgan fingerprint density at radius 1 is 0.897 bits per heavy atom. The fourth-order valence-electron chi connectivity index (χ4n) is 7.02. The van der Waals surface area contributed by atoms with Crippen LogP contribution in [0.2, 0.25) is 0 Å². The summed E-state index contributed by atoms with van der Waals surface area (Å²) in [5.41, 5.74) is 9.60. The summed E-state index contributed by atoms with van der Waals surface area (Å²) in [4.78, 5) is 7.66. The molecular weight excluding hydrogens is 482 g/mol. The van der Waals surface area contributed by atoms with Crippen molar-refractivity contribution in [1.82, 2.24) is 20.5 Å². The van der Waals surface area contributed by atoms with Gasteiger partial charge in [0.2, 0.25) is 0 Å². The summed E-state index contributed by atoms with van der Waals surface area (Å²) in [6.45, 7) is 3.85. The van der Waals surface area contributed by atoms with E-state index in [0.717, 1.165) is 79.0 Å². The number of rotatable bonds is 4. The van der Waals surface area contributed by atoms with Gasteiger partial charge in [-0.25, -0.2) is 4.98 Å². The third-order valence-electron chi connectivity index (χ3n) is 8.84. The molecule has 2 fully saturated rings. The van der Waals surface area contributed by atoms with Gasteiger partial charge in [-0.15, -0.1) is 0 Å². The van der Waals surface area contributed by atoms with Crippen LogP contribution < -0.4 is 10.2 Å². The predicted molar refractivity (Wildman–Crippen MR) is 156 cm³/mol. The number of hydrogen-bond donors (Lipinski definition) is 2. The Kier molecular flexibility index (Phi) is 5.63. The highest BCUT2D eigenvalue weighted by atomic mass is 16.5. The first-order valence-corrected chi connectivity index (χ1v) is 14.4. The molecule has 5 aromatic rings. The summed E-state index contributed by atoms with van der Waals surface area (Å²) in [7, 11) is 0. The number of pyridine rings is 1. The van der Waals surface area contributed by atoms with E-state index >= 15 is 0 Å². The van der Waals surface area contributed by atoms with E-state index in [1.54, 1.807) is 0 Å². The van der Waals surface area contributed by atoms with Crippen molar-refractivity contribution < 1.29 is 4.74 Å². The van der Waals surface area contributed by atoms with Crippen molar-refractivity contribution in [2.24, 2.45) is 0 Å². The Morgan fingerprint density at radius 3 is 2.67 bits per heavy atom. The molecule has 3 aliphatic rings. The number of para-hydroxylation sites is 1. The molecule has 0 radical (unpaired) electrons. The van der Waals surface area contributed by atoms with Gasteiger partial charge in [-0.2, -0.15) is 5.10 Å². The minimum Gasteiger partial charge on any atom is -0.373 e. The van der Waals surface area contributed by atoms with Gasteiger partial charge in [0.25, 0.3) is 0 Å². The SMILES string of the molecule is c1ccc2c(c1)CCNC2c1c(-c2ccc3ccccc3n2)cc2[nH]nc(N3CCCC3)c2c1C1CCCO1. The Labute approximate surface area is 228 Å². The minimum absolute atomic E-state index is 0.0396. The zero-order chi connectivity index (χ0) is 25.8. The maximum atomic E-state index is 6.51. The lowest BCUT2D eigenvalue weighted by Crippen LogP contribution is -2.32. The number of aromatic amines is 1. The number of fused-ring (bicyclic) bond motifs is 3. The van der Waals surface area contributed by atoms with Gasteiger partial charge in [0.15, 0.2) is 5.82 Å². The fraction of sp³-hybridized carbons (Fsp3) is 0.333. The molecule has 2 unspecified atom stereocenters. The van der Waals surface area contributed by atoms with E-state index in [1.165, 1.54) is 40.5 Å². The van der Waals surface area contributed by atoms with Gasteiger partial charge in [-0.3, -0.25) is 5.10 Å². The molecule has 0 saturated carbocycles. The molecule has 0 amide bonds. The molecule has 2 aromatic heterocycles. The van der Waals surface area contributed by atoms with E-state index in [-0.39, 0.29) is 12.1 Å². The average molecular weight is 516 g/mol. The zero-order valence-electron chi connectivity index (χ0n) is 22.1. The molecule has 6 nitrogen and oxygen atoms in total. The molecule has 0 spiro atoms. The summed E-state index contributed by atoms with van der Waals surface area (Å²) in [6, 6.07) is 24.0. The van der Waals surface area contributed by atoms with Crippen molar-refractivity contribution in [2.45, 2.75) is 44.2 Å². The van der Waals surface area contributed by atoms with Crippen molar-refractivity contribution in [2.75, 3.05) is 31.1 Å². The van der Waals surface area contributed by atoms with Crippen LogP contribution in [0.5, 0.6) is 0 Å². The third kappa shape index (κ3) is 3.85. The van der Waals surface area contributed by atoms with Gasteiger partial charge in [-0.05, 0) is 72.6 Å². The first-order chi connectivity index (χ1) is 19.3. The highest BCUT2D eigenvalue weighted by Crippen LogP contribution is 2.47. The molecule has 5 heterocycles. The number of nitrogens with zero attached hydrogens (tertiary/aromatic N) is 3. The average Bonchev–Trinajstić information content (AvgIpc) is 3.78. The second-order valence-electron chi connectivity index (χ2n) is 11.1. The van der Waals surface area contributed by atoms with Crippen LogP contribution >= 0.6 is 0 Å². The lowest BCUT2D eigenvalue weighted by atomic mass is 9.81. The molecule has 0 aliphatic carbocycles. The monoisotopic (exact) mass is 515 g/mol. The second-order valence-corrected chi connectivity index (χ2v) is 11.1. The number of ether oxygens (including phenoxy) is 1. The molecule has 8 rings (SSSR count). The second kappa shape index (κ2) is 9.47. The van der Waals surface area contributed by atoms with Crippen LogP contribution in [-0.4, -0.2) is 41.4 Å². The van der Waals surface area contributed by atoms with Crippen LogP contribution in [0.1, 0.15) is 60.1 Å². The van der Waals surface area contributed by atoms with Crippen molar-refractivity contribution in [3.05, 3.63) is 89.0 Å². The lowest BCUT2D eigenvalue weighted by molar-refractivity contribution is 0.112. The fourth-order valence-corrected chi connectivity index (χ4v) is 7.02. The summed E-state index contributed by atoms with van der Waals surface area (Å²) >= 11 is 0. The van der Waals surface area contributed by atoms with Crippen LogP contribution in [0.4, 0.5) is 5.82 Å². The standard InChI is InChI=1S/C33H33N5O/c1-3-10-23-21(8-1)15-16-34-32(23)29-24(26-14-13-22-9-2-4-11-25(22)35-26)20-27-30(31(29)28-12-7-19-39-28)33(37-36-27)38-17-5-6-18-38/h1-4,8-11,13-14,20,28,32,34H,5-7,12,15-19H2,(H,36,37). The van der Waals surface area contributed by atoms with Crippen molar-refractivity contribution in [3.63, 3.8) is 0 Å². The lowest BCUT2D eigenvalue weighted by Gasteiger charge is -2.32. The summed E-state index contributed by atoms with van der Waals surface area (Å²) < 4.78 is 6.51. The number of H-pyrrole nitrogens is 1. The summed E-state index contributed by atoms with van der Waals surface area (Å²) in [5.74, 6) is 1.08. The Balaban J connectivity index is 1.45. The molecule has 0 bridgehead atoms. The van der Waals surface area contributed by atoms with E-state index in [4.69, 9.17) is 14.8 Å². The van der Waals surface area contributed by atoms with E-state index in [2.05, 4.69) is 82.0 Å². The van der Waals surface area contributed by atoms with E-state index in [9.17, 15) is 0 Å². The zero-order valence-corrected chi connectivity index (χ0v) is 22.1. The first kappa shape index (κ1) is 23.2. The van der Waals surface area contributed by atoms with Gasteiger partial charge in [0.05, 0.1) is 34.3 Å². The van der Waals surface area contributed by atoms with Crippen LogP contribution in [0.25, 0.3) is 33.1 Å². The molecular formula is C33H33N5O. The van der Waals surface area contributed by atoms with Gasteiger partial charge in [-0.1, -0.05) is 48.5 Å². The topological polar surface area (TPSA) is 66.1 Å². The number of nitrogens with one attached hydrogen (secondary N) is 2. The smallest absolute Gasteiger partial charge is 0.158 e. The van der Waals surface area contributed by atoms with Gasteiger partial charge >= 0.3 is 0 Å². The third-order valence-corrected chi connectivity index (χ3v) is 8.84. The number of benzene rings is 3. The maximum absolute atomic E-state index is 6.51. The number of aromatic nitrogens is 3. The highest BCUT2D eigenvalue weighted by molar-refractivity contribution is 5.99. The number of hydrogen-bond acceptors (Lipinski definition) is 5. The van der Waals surface area contributed by atoms with E-state index < -0.39 is 0 Å². The predicted octanol–water partition coefficient (Wildman–Crippen LogP) is 6.46. The molecule has 6 heteroatoms. The Bertz CT molecular complexity index is 1680. The van der Waals surface area contributed by atoms with Crippen molar-refractivity contribution in [3.8, 4) is 11.3 Å². The van der Waals surface area contributed by atoms with Crippen LogP contribution in [0.3, 0.4) is 0 Å². The highest BCUT2D eigenvalue weighted by Gasteiger charge is 2.35. The molecule has 3 aromatic carbocycles. The van der Waals surface area contributed by atoms with Crippen LogP contribution in [0.15, 0.2) is 66.7 Å². The first-order valence-electron chi connectivity index (χ1n) is 14.4. The van der Waals surface area contributed by atoms with Gasteiger partial charge < -0.3 is 15.0 Å². The molecule has 39 heavy (non-hydrogen) atoms. The van der Waals surface area contributed by atoms with Gasteiger partial charge in [0.1, 0.15) is 0 Å². The molecule has 2 atom stereocenters.